The Balaban J connectivity index is 2.45. The van der Waals surface area contributed by atoms with Crippen molar-refractivity contribution in [3.63, 3.8) is 0 Å². The standard InChI is InChI=1S/C15H19F4N/c1-9(2)13-8-20-6-5-11(13)12-4-3-10(16)7-14(12)15(17,18)19/h3-4,7,9,11,13,20H,5-6,8H2,1-2H3. The van der Waals surface area contributed by atoms with Crippen molar-refractivity contribution in [2.45, 2.75) is 32.4 Å². The number of piperidine rings is 1. The van der Waals surface area contributed by atoms with Crippen LogP contribution >= 0.6 is 0 Å². The molecule has 2 unspecified atom stereocenters. The molecule has 1 aliphatic heterocycles. The maximum Gasteiger partial charge on any atom is 0.416 e. The molecule has 112 valence electrons. The van der Waals surface area contributed by atoms with Crippen LogP contribution in [0.25, 0.3) is 0 Å². The van der Waals surface area contributed by atoms with E-state index in [9.17, 15) is 17.6 Å². The lowest BCUT2D eigenvalue weighted by molar-refractivity contribution is -0.138. The molecule has 0 amide bonds. The Morgan fingerprint density at radius 3 is 2.55 bits per heavy atom. The summed E-state index contributed by atoms with van der Waals surface area (Å²) in [4.78, 5) is 0. The molecule has 20 heavy (non-hydrogen) atoms. The van der Waals surface area contributed by atoms with Crippen molar-refractivity contribution in [3.05, 3.63) is 35.1 Å². The first-order chi connectivity index (χ1) is 9.30. The molecule has 0 bridgehead atoms. The number of rotatable bonds is 2. The minimum absolute atomic E-state index is 0.135. The van der Waals surface area contributed by atoms with Gasteiger partial charge >= 0.3 is 6.18 Å². The van der Waals surface area contributed by atoms with Crippen LogP contribution in [0.3, 0.4) is 0 Å². The van der Waals surface area contributed by atoms with Gasteiger partial charge in [-0.25, -0.2) is 4.39 Å². The topological polar surface area (TPSA) is 12.0 Å². The first kappa shape index (κ1) is 15.3. The van der Waals surface area contributed by atoms with E-state index in [2.05, 4.69) is 5.32 Å². The fraction of sp³-hybridized carbons (Fsp3) is 0.600. The first-order valence-electron chi connectivity index (χ1n) is 6.88. The van der Waals surface area contributed by atoms with Crippen molar-refractivity contribution in [2.24, 2.45) is 11.8 Å². The Kier molecular flexibility index (Phi) is 4.37. The fourth-order valence-corrected chi connectivity index (χ4v) is 3.07. The van der Waals surface area contributed by atoms with E-state index >= 15 is 0 Å². The summed E-state index contributed by atoms with van der Waals surface area (Å²) >= 11 is 0. The number of hydrogen-bond acceptors (Lipinski definition) is 1. The Bertz CT molecular complexity index is 467. The Labute approximate surface area is 116 Å². The molecule has 1 aromatic carbocycles. The van der Waals surface area contributed by atoms with Gasteiger partial charge in [-0.05, 0) is 55.0 Å². The maximum atomic E-state index is 13.2. The highest BCUT2D eigenvalue weighted by Crippen LogP contribution is 2.42. The van der Waals surface area contributed by atoms with E-state index in [0.717, 1.165) is 6.07 Å². The molecule has 1 fully saturated rings. The van der Waals surface area contributed by atoms with Gasteiger partial charge in [-0.15, -0.1) is 0 Å². The van der Waals surface area contributed by atoms with Crippen LogP contribution in [0, 0.1) is 17.7 Å². The van der Waals surface area contributed by atoms with Crippen LogP contribution in [0.2, 0.25) is 0 Å². The van der Waals surface area contributed by atoms with Gasteiger partial charge < -0.3 is 5.32 Å². The molecule has 0 aliphatic carbocycles. The average Bonchev–Trinajstić information content (AvgIpc) is 2.37. The third kappa shape index (κ3) is 3.14. The lowest BCUT2D eigenvalue weighted by Gasteiger charge is -2.36. The minimum Gasteiger partial charge on any atom is -0.316 e. The van der Waals surface area contributed by atoms with E-state index in [0.29, 0.717) is 25.6 Å². The van der Waals surface area contributed by atoms with E-state index < -0.39 is 17.6 Å². The van der Waals surface area contributed by atoms with Crippen LogP contribution in [0.15, 0.2) is 18.2 Å². The molecule has 1 aliphatic rings. The summed E-state index contributed by atoms with van der Waals surface area (Å²) in [6.07, 6.45) is -3.86. The number of hydrogen-bond donors (Lipinski definition) is 1. The van der Waals surface area contributed by atoms with Crippen LogP contribution in [0.4, 0.5) is 17.6 Å². The summed E-state index contributed by atoms with van der Waals surface area (Å²) in [5, 5.41) is 3.23. The van der Waals surface area contributed by atoms with Crippen LogP contribution in [-0.2, 0) is 6.18 Å². The molecular weight excluding hydrogens is 270 g/mol. The van der Waals surface area contributed by atoms with Gasteiger partial charge in [0.1, 0.15) is 5.82 Å². The monoisotopic (exact) mass is 289 g/mol. The highest BCUT2D eigenvalue weighted by atomic mass is 19.4. The van der Waals surface area contributed by atoms with Crippen molar-refractivity contribution in [1.82, 2.24) is 5.32 Å². The van der Waals surface area contributed by atoms with Gasteiger partial charge in [-0.3, -0.25) is 0 Å². The van der Waals surface area contributed by atoms with Crippen molar-refractivity contribution in [2.75, 3.05) is 13.1 Å². The van der Waals surface area contributed by atoms with Gasteiger partial charge in [0.05, 0.1) is 5.56 Å². The Hall–Kier alpha value is -1.10. The van der Waals surface area contributed by atoms with Crippen LogP contribution in [-0.4, -0.2) is 13.1 Å². The van der Waals surface area contributed by atoms with Crippen molar-refractivity contribution in [3.8, 4) is 0 Å². The normalized spacial score (nSPS) is 24.1. The first-order valence-corrected chi connectivity index (χ1v) is 6.88. The second-order valence-corrected chi connectivity index (χ2v) is 5.74. The number of nitrogens with one attached hydrogen (secondary N) is 1. The summed E-state index contributed by atoms with van der Waals surface area (Å²) < 4.78 is 52.6. The van der Waals surface area contributed by atoms with Gasteiger partial charge in [0, 0.05) is 0 Å². The predicted molar refractivity (Wildman–Crippen MR) is 70.0 cm³/mol. The molecule has 0 aromatic heterocycles. The third-order valence-electron chi connectivity index (χ3n) is 4.11. The highest BCUT2D eigenvalue weighted by Gasteiger charge is 2.38. The van der Waals surface area contributed by atoms with Crippen molar-refractivity contribution >= 4 is 0 Å². The SMILES string of the molecule is CC(C)C1CNCCC1c1ccc(F)cc1C(F)(F)F. The molecule has 1 N–H and O–H groups in total. The Morgan fingerprint density at radius 1 is 1.25 bits per heavy atom. The van der Waals surface area contributed by atoms with Gasteiger partial charge in [-0.2, -0.15) is 13.2 Å². The largest absolute Gasteiger partial charge is 0.416 e. The lowest BCUT2D eigenvalue weighted by atomic mass is 9.74. The molecule has 2 atom stereocenters. The molecule has 0 radical (unpaired) electrons. The molecule has 2 rings (SSSR count). The third-order valence-corrected chi connectivity index (χ3v) is 4.11. The van der Waals surface area contributed by atoms with Gasteiger partial charge in [0.25, 0.3) is 0 Å². The Morgan fingerprint density at radius 2 is 1.95 bits per heavy atom. The molecule has 1 nitrogen and oxygen atoms in total. The van der Waals surface area contributed by atoms with Gasteiger partial charge in [0.2, 0.25) is 0 Å². The molecule has 1 aromatic rings. The molecule has 0 saturated carbocycles. The van der Waals surface area contributed by atoms with Crippen LogP contribution < -0.4 is 5.32 Å². The van der Waals surface area contributed by atoms with Crippen molar-refractivity contribution < 1.29 is 17.6 Å². The smallest absolute Gasteiger partial charge is 0.316 e. The highest BCUT2D eigenvalue weighted by molar-refractivity contribution is 5.34. The second kappa shape index (κ2) is 5.72. The number of alkyl halides is 3. The summed E-state index contributed by atoms with van der Waals surface area (Å²) in [5.41, 5.74) is -0.589. The van der Waals surface area contributed by atoms with E-state index in [1.54, 1.807) is 0 Å². The zero-order chi connectivity index (χ0) is 14.9. The molecule has 0 spiro atoms. The minimum atomic E-state index is -4.51. The molecule has 5 heteroatoms. The number of halogens is 4. The fourth-order valence-electron chi connectivity index (χ4n) is 3.07. The van der Waals surface area contributed by atoms with E-state index in [4.69, 9.17) is 0 Å². The lowest BCUT2D eigenvalue weighted by Crippen LogP contribution is -2.38. The summed E-state index contributed by atoms with van der Waals surface area (Å²) in [7, 11) is 0. The average molecular weight is 289 g/mol. The van der Waals surface area contributed by atoms with E-state index in [1.165, 1.54) is 6.07 Å². The predicted octanol–water partition coefficient (Wildman–Crippen LogP) is 4.19. The summed E-state index contributed by atoms with van der Waals surface area (Å²) in [6, 6.07) is 3.06. The quantitative estimate of drug-likeness (QED) is 0.805. The van der Waals surface area contributed by atoms with E-state index in [-0.39, 0.29) is 23.3 Å². The van der Waals surface area contributed by atoms with E-state index in [1.807, 2.05) is 13.8 Å². The summed E-state index contributed by atoms with van der Waals surface area (Å²) in [6.45, 7) is 5.43. The molecular formula is C15H19F4N. The van der Waals surface area contributed by atoms with Gasteiger partial charge in [-0.1, -0.05) is 19.9 Å². The van der Waals surface area contributed by atoms with Crippen LogP contribution in [0.1, 0.15) is 37.3 Å². The maximum absolute atomic E-state index is 13.2. The molecule has 1 heterocycles. The summed E-state index contributed by atoms with van der Waals surface area (Å²) in [5.74, 6) is -0.598. The second-order valence-electron chi connectivity index (χ2n) is 5.74. The molecule has 1 saturated heterocycles. The van der Waals surface area contributed by atoms with Crippen LogP contribution in [0.5, 0.6) is 0 Å². The zero-order valence-electron chi connectivity index (χ0n) is 11.6. The number of benzene rings is 1. The zero-order valence-corrected chi connectivity index (χ0v) is 11.6. The van der Waals surface area contributed by atoms with Crippen molar-refractivity contribution in [1.29, 1.82) is 0 Å². The van der Waals surface area contributed by atoms with Gasteiger partial charge in [0.15, 0.2) is 0 Å².